The first kappa shape index (κ1) is 48.2. The van der Waals surface area contributed by atoms with E-state index in [1.807, 2.05) is 0 Å². The van der Waals surface area contributed by atoms with Crippen LogP contribution in [0.15, 0.2) is 18.2 Å². The number of amides is 8. The topological polar surface area (TPSA) is 382 Å². The molecule has 2 aliphatic rings. The summed E-state index contributed by atoms with van der Waals surface area (Å²) in [6, 6.07) is -3.92. The van der Waals surface area contributed by atoms with Crippen LogP contribution in [0.1, 0.15) is 70.8 Å². The lowest BCUT2D eigenvalue weighted by Gasteiger charge is -2.38. The molecule has 60 heavy (non-hydrogen) atoms. The van der Waals surface area contributed by atoms with E-state index in [0.29, 0.717) is 24.8 Å². The third-order valence-corrected chi connectivity index (χ3v) is 11.0. The predicted molar refractivity (Wildman–Crippen MR) is 213 cm³/mol. The molecule has 1 aliphatic carbocycles. The maximum atomic E-state index is 14.4. The molecule has 15 N–H and O–H groups in total. The van der Waals surface area contributed by atoms with Crippen molar-refractivity contribution in [1.82, 2.24) is 31.9 Å². The first-order valence-corrected chi connectivity index (χ1v) is 20.3. The van der Waals surface area contributed by atoms with Gasteiger partial charge in [0.15, 0.2) is 5.92 Å². The smallest absolute Gasteiger partial charge is 0.317 e. The number of phenolic OH excluding ortho intramolecular Hbond substituents is 1. The number of carboxylic acids is 2. The number of nitrogen functional groups attached to an aromatic ring is 1. The van der Waals surface area contributed by atoms with Gasteiger partial charge in [-0.1, -0.05) is 39.2 Å². The SMILES string of the molecule is CC(C)C[C@@H]1NC(=O)[C@H](CC(C(=O)O)C(=O)O)NC(=O)CSC[C@@H](C(N)=O)NC(=O)[C@H](CC(N)=O)NC(=O)C2(CCCCC2)NC(=O)[C@H](Cc2ccc(O)c(N)c2)NC1=O. The van der Waals surface area contributed by atoms with Crippen molar-refractivity contribution < 1.29 is 63.3 Å². The number of anilines is 1. The quantitative estimate of drug-likeness (QED) is 0.0603. The van der Waals surface area contributed by atoms with Crippen molar-refractivity contribution in [2.45, 2.75) is 107 Å². The van der Waals surface area contributed by atoms with Gasteiger partial charge in [-0.3, -0.25) is 47.9 Å². The van der Waals surface area contributed by atoms with Crippen molar-refractivity contribution >= 4 is 76.6 Å². The lowest BCUT2D eigenvalue weighted by atomic mass is 9.80. The summed E-state index contributed by atoms with van der Waals surface area (Å²) in [5, 5.41) is 44.1. The Morgan fingerprint density at radius 2 is 1.37 bits per heavy atom. The van der Waals surface area contributed by atoms with Crippen LogP contribution in [-0.2, 0) is 54.4 Å². The molecular weight excluding hydrogens is 811 g/mol. The van der Waals surface area contributed by atoms with Crippen LogP contribution < -0.4 is 49.1 Å². The van der Waals surface area contributed by atoms with Gasteiger partial charge in [0.05, 0.1) is 17.9 Å². The van der Waals surface area contributed by atoms with E-state index in [0.717, 1.165) is 11.8 Å². The molecule has 2 fully saturated rings. The molecule has 1 aromatic carbocycles. The highest BCUT2D eigenvalue weighted by Crippen LogP contribution is 2.30. The summed E-state index contributed by atoms with van der Waals surface area (Å²) in [6.45, 7) is 3.42. The fourth-order valence-electron chi connectivity index (χ4n) is 6.76. The Morgan fingerprint density at radius 1 is 0.783 bits per heavy atom. The first-order chi connectivity index (χ1) is 28.1. The van der Waals surface area contributed by atoms with Gasteiger partial charge in [-0.05, 0) is 42.9 Å². The van der Waals surface area contributed by atoms with Gasteiger partial charge in [-0.2, -0.15) is 0 Å². The molecule has 23 heteroatoms. The van der Waals surface area contributed by atoms with E-state index < -0.39 is 119 Å². The minimum Gasteiger partial charge on any atom is -0.506 e. The summed E-state index contributed by atoms with van der Waals surface area (Å²) < 4.78 is 0. The van der Waals surface area contributed by atoms with Gasteiger partial charge in [0.1, 0.15) is 41.5 Å². The highest BCUT2D eigenvalue weighted by Gasteiger charge is 2.44. The van der Waals surface area contributed by atoms with E-state index in [4.69, 9.17) is 17.2 Å². The number of thioether (sulfide) groups is 1. The van der Waals surface area contributed by atoms with Gasteiger partial charge in [-0.25, -0.2) is 0 Å². The van der Waals surface area contributed by atoms with Crippen LogP contribution in [0.3, 0.4) is 0 Å². The average molecular weight is 864 g/mol. The average Bonchev–Trinajstić information content (AvgIpc) is 3.15. The van der Waals surface area contributed by atoms with Gasteiger partial charge < -0.3 is 64.4 Å². The minimum atomic E-state index is -2.18. The summed E-state index contributed by atoms with van der Waals surface area (Å²) >= 11 is 0.728. The molecular formula is C37H53N9O13S. The van der Waals surface area contributed by atoms with Crippen molar-refractivity contribution in [1.29, 1.82) is 0 Å². The van der Waals surface area contributed by atoms with E-state index >= 15 is 0 Å². The molecule has 0 unspecified atom stereocenters. The Morgan fingerprint density at radius 3 is 1.92 bits per heavy atom. The lowest BCUT2D eigenvalue weighted by molar-refractivity contribution is -0.155. The molecule has 1 heterocycles. The molecule has 0 aromatic heterocycles. The second kappa shape index (κ2) is 21.8. The number of hydrogen-bond acceptors (Lipinski definition) is 13. The number of nitrogens with one attached hydrogen (secondary N) is 6. The fourth-order valence-corrected chi connectivity index (χ4v) is 7.63. The van der Waals surface area contributed by atoms with E-state index in [2.05, 4.69) is 31.9 Å². The van der Waals surface area contributed by atoms with E-state index in [1.165, 1.54) is 18.2 Å². The number of hydrogen-bond donors (Lipinski definition) is 12. The van der Waals surface area contributed by atoms with Crippen LogP contribution in [0.5, 0.6) is 5.75 Å². The van der Waals surface area contributed by atoms with Crippen molar-refractivity contribution in [2.75, 3.05) is 17.2 Å². The van der Waals surface area contributed by atoms with Gasteiger partial charge in [-0.15, -0.1) is 11.8 Å². The van der Waals surface area contributed by atoms with E-state index in [9.17, 15) is 63.3 Å². The molecule has 22 nitrogen and oxygen atoms in total. The summed E-state index contributed by atoms with van der Waals surface area (Å²) in [7, 11) is 0. The number of nitrogens with two attached hydrogens (primary N) is 3. The fraction of sp³-hybridized carbons (Fsp3) is 0.568. The summed E-state index contributed by atoms with van der Waals surface area (Å²) in [5.41, 5.74) is 15.4. The molecule has 5 atom stereocenters. The molecule has 1 saturated carbocycles. The van der Waals surface area contributed by atoms with Crippen molar-refractivity contribution in [2.24, 2.45) is 23.3 Å². The Labute approximate surface area is 348 Å². The number of aliphatic carboxylic acids is 2. The first-order valence-electron chi connectivity index (χ1n) is 19.1. The monoisotopic (exact) mass is 863 g/mol. The number of benzene rings is 1. The van der Waals surface area contributed by atoms with Crippen molar-refractivity contribution in [3.8, 4) is 5.75 Å². The number of rotatable bonds is 11. The van der Waals surface area contributed by atoms with E-state index in [-0.39, 0.29) is 48.8 Å². The summed E-state index contributed by atoms with van der Waals surface area (Å²) in [4.78, 5) is 131. The highest BCUT2D eigenvalue weighted by molar-refractivity contribution is 8.00. The number of carbonyl (C=O) groups is 10. The van der Waals surface area contributed by atoms with Gasteiger partial charge >= 0.3 is 11.9 Å². The minimum absolute atomic E-state index is 0.0557. The van der Waals surface area contributed by atoms with Crippen molar-refractivity contribution in [3.05, 3.63) is 23.8 Å². The second-order valence-corrected chi connectivity index (χ2v) is 16.3. The molecule has 1 spiro atoms. The molecule has 1 aliphatic heterocycles. The molecule has 1 saturated heterocycles. The zero-order valence-corrected chi connectivity index (χ0v) is 33.9. The van der Waals surface area contributed by atoms with E-state index in [1.54, 1.807) is 13.8 Å². The number of phenols is 1. The highest BCUT2D eigenvalue weighted by atomic mass is 32.2. The maximum Gasteiger partial charge on any atom is 0.317 e. The molecule has 8 amide bonds. The van der Waals surface area contributed by atoms with Gasteiger partial charge in [0, 0.05) is 18.6 Å². The number of aromatic hydroxyl groups is 1. The number of primary amides is 2. The number of carboxylic acid groups (broad SMARTS) is 2. The van der Waals surface area contributed by atoms with Crippen LogP contribution in [-0.4, -0.2) is 122 Å². The third-order valence-electron chi connectivity index (χ3n) is 9.93. The van der Waals surface area contributed by atoms with Crippen LogP contribution in [0.4, 0.5) is 5.69 Å². The van der Waals surface area contributed by atoms with Gasteiger partial charge in [0.2, 0.25) is 47.3 Å². The van der Waals surface area contributed by atoms with Crippen LogP contribution in [0, 0.1) is 11.8 Å². The normalized spacial score (nSPS) is 23.8. The molecule has 330 valence electrons. The standard InChI is InChI=1S/C37H53N9O13S/c1-17(2)10-21-30(51)43-22(12-18-6-7-26(47)20(38)11-18)33(54)46-37(8-4-3-5-9-37)36(59)45-24(14-27(39)48)32(53)44-25(29(40)50)15-60-16-28(49)41-23(31(52)42-21)13-19(34(55)56)35(57)58/h6-7,11,17,19,21-25,47H,3-5,8-10,12-16,38H2,1-2H3,(H2,39,48)(H2,40,50)(H,41,49)(H,42,52)(H,43,51)(H,44,53)(H,45,59)(H,46,54)(H,55,56)(H,57,58)/t21-,22-,23-,24-,25-/m0/s1. The van der Waals surface area contributed by atoms with Crippen LogP contribution >= 0.6 is 11.8 Å². The van der Waals surface area contributed by atoms with Crippen LogP contribution in [0.25, 0.3) is 0 Å². The number of carbonyl (C=O) groups excluding carboxylic acids is 8. The Kier molecular flexibility index (Phi) is 17.5. The Bertz CT molecular complexity index is 1820. The molecule has 1 aromatic rings. The third kappa shape index (κ3) is 14.0. The second-order valence-electron chi connectivity index (χ2n) is 15.2. The lowest BCUT2D eigenvalue weighted by Crippen LogP contribution is -2.66. The Balaban J connectivity index is 2.17. The molecule has 0 bridgehead atoms. The zero-order chi connectivity index (χ0) is 44.9. The molecule has 0 radical (unpaired) electrons. The summed E-state index contributed by atoms with van der Waals surface area (Å²) in [6.07, 6.45) is -0.373. The van der Waals surface area contributed by atoms with Gasteiger partial charge in [0.25, 0.3) is 0 Å². The predicted octanol–water partition coefficient (Wildman–Crippen LogP) is -2.91. The summed E-state index contributed by atoms with van der Waals surface area (Å²) in [5.74, 6) is -15.2. The van der Waals surface area contributed by atoms with Crippen LogP contribution in [0.2, 0.25) is 0 Å². The van der Waals surface area contributed by atoms with Crippen molar-refractivity contribution in [3.63, 3.8) is 0 Å². The largest absolute Gasteiger partial charge is 0.506 e. The maximum absolute atomic E-state index is 14.4. The molecule has 3 rings (SSSR count). The Hall–Kier alpha value is -6.13. The zero-order valence-electron chi connectivity index (χ0n) is 33.1.